The monoisotopic (exact) mass is 250 g/mol. The molecule has 0 aromatic carbocycles. The number of aromatic nitrogens is 3. The minimum Gasteiger partial charge on any atom is -0.317 e. The Hall–Kier alpha value is -0.900. The van der Waals surface area contributed by atoms with Crippen LogP contribution >= 0.6 is 0 Å². The summed E-state index contributed by atoms with van der Waals surface area (Å²) in [6, 6.07) is 0.647. The standard InChI is InChI=1S/C14H26N4/c1-4-18-11-16-17-13(18)10-15-12-6-5-8-14(2,3)9-7-12/h11-12,15H,4-10H2,1-3H3. The normalized spacial score (nSPS) is 23.8. The molecule has 1 aromatic rings. The molecule has 1 aliphatic rings. The van der Waals surface area contributed by atoms with Gasteiger partial charge in [-0.15, -0.1) is 10.2 Å². The predicted octanol–water partition coefficient (Wildman–Crippen LogP) is 2.75. The summed E-state index contributed by atoms with van der Waals surface area (Å²) in [6.45, 7) is 8.70. The van der Waals surface area contributed by atoms with Gasteiger partial charge in [0.1, 0.15) is 12.2 Å². The van der Waals surface area contributed by atoms with E-state index in [0.717, 1.165) is 18.9 Å². The fourth-order valence-electron chi connectivity index (χ4n) is 2.78. The van der Waals surface area contributed by atoms with Crippen molar-refractivity contribution in [2.45, 2.75) is 72.0 Å². The molecular weight excluding hydrogens is 224 g/mol. The van der Waals surface area contributed by atoms with Crippen LogP contribution in [0, 0.1) is 5.41 Å². The zero-order valence-electron chi connectivity index (χ0n) is 11.9. The van der Waals surface area contributed by atoms with E-state index in [-0.39, 0.29) is 0 Å². The average molecular weight is 250 g/mol. The highest BCUT2D eigenvalue weighted by molar-refractivity contribution is 4.87. The van der Waals surface area contributed by atoms with Gasteiger partial charge in [-0.1, -0.05) is 20.3 Å². The van der Waals surface area contributed by atoms with Crippen LogP contribution in [0.2, 0.25) is 0 Å². The molecule has 18 heavy (non-hydrogen) atoms. The van der Waals surface area contributed by atoms with Gasteiger partial charge in [0.25, 0.3) is 0 Å². The zero-order valence-corrected chi connectivity index (χ0v) is 11.9. The zero-order chi connectivity index (χ0) is 13.0. The molecule has 1 aliphatic carbocycles. The summed E-state index contributed by atoms with van der Waals surface area (Å²) in [7, 11) is 0. The van der Waals surface area contributed by atoms with Crippen molar-refractivity contribution >= 4 is 0 Å². The Morgan fingerprint density at radius 3 is 3.00 bits per heavy atom. The molecule has 0 radical (unpaired) electrons. The minimum absolute atomic E-state index is 0.528. The maximum atomic E-state index is 4.17. The number of nitrogens with zero attached hydrogens (tertiary/aromatic N) is 3. The van der Waals surface area contributed by atoms with Gasteiger partial charge < -0.3 is 9.88 Å². The van der Waals surface area contributed by atoms with E-state index in [1.165, 1.54) is 32.1 Å². The van der Waals surface area contributed by atoms with E-state index in [9.17, 15) is 0 Å². The summed E-state index contributed by atoms with van der Waals surface area (Å²) in [5, 5.41) is 11.8. The van der Waals surface area contributed by atoms with Crippen molar-refractivity contribution in [3.63, 3.8) is 0 Å². The molecule has 1 N–H and O–H groups in total. The number of rotatable bonds is 4. The van der Waals surface area contributed by atoms with E-state index in [1.54, 1.807) is 0 Å². The van der Waals surface area contributed by atoms with Crippen LogP contribution in [0.3, 0.4) is 0 Å². The Morgan fingerprint density at radius 1 is 1.39 bits per heavy atom. The number of hydrogen-bond acceptors (Lipinski definition) is 3. The molecule has 1 fully saturated rings. The Labute approximate surface area is 110 Å². The molecule has 1 unspecified atom stereocenters. The molecule has 0 spiro atoms. The second kappa shape index (κ2) is 5.83. The van der Waals surface area contributed by atoms with Gasteiger partial charge in [-0.2, -0.15) is 0 Å². The molecule has 0 amide bonds. The SMILES string of the molecule is CCn1cnnc1CNC1CCCC(C)(C)CC1. The molecule has 0 saturated heterocycles. The lowest BCUT2D eigenvalue weighted by Gasteiger charge is -2.22. The fraction of sp³-hybridized carbons (Fsp3) is 0.857. The third kappa shape index (κ3) is 3.55. The number of nitrogens with one attached hydrogen (secondary N) is 1. The van der Waals surface area contributed by atoms with Crippen molar-refractivity contribution in [1.29, 1.82) is 0 Å². The van der Waals surface area contributed by atoms with Crippen molar-refractivity contribution in [2.75, 3.05) is 0 Å². The maximum absolute atomic E-state index is 4.17. The summed E-state index contributed by atoms with van der Waals surface area (Å²) < 4.78 is 2.10. The van der Waals surface area contributed by atoms with Crippen molar-refractivity contribution in [3.8, 4) is 0 Å². The number of hydrogen-bond donors (Lipinski definition) is 1. The van der Waals surface area contributed by atoms with Crippen molar-refractivity contribution < 1.29 is 0 Å². The van der Waals surface area contributed by atoms with Gasteiger partial charge in [-0.05, 0) is 38.0 Å². The Morgan fingerprint density at radius 2 is 2.22 bits per heavy atom. The first kappa shape index (κ1) is 13.5. The van der Waals surface area contributed by atoms with Crippen LogP contribution in [0.15, 0.2) is 6.33 Å². The maximum Gasteiger partial charge on any atom is 0.146 e. The molecule has 2 rings (SSSR count). The van der Waals surface area contributed by atoms with Gasteiger partial charge in [0.2, 0.25) is 0 Å². The van der Waals surface area contributed by atoms with Gasteiger partial charge in [-0.25, -0.2) is 0 Å². The van der Waals surface area contributed by atoms with Crippen LogP contribution in [-0.2, 0) is 13.1 Å². The van der Waals surface area contributed by atoms with E-state index in [2.05, 4.69) is 40.9 Å². The third-order valence-corrected chi connectivity index (χ3v) is 4.16. The quantitative estimate of drug-likeness (QED) is 0.836. The van der Waals surface area contributed by atoms with E-state index in [1.807, 2.05) is 6.33 Å². The molecule has 4 heteroatoms. The highest BCUT2D eigenvalue weighted by atomic mass is 15.3. The van der Waals surface area contributed by atoms with Gasteiger partial charge in [0, 0.05) is 12.6 Å². The topological polar surface area (TPSA) is 42.7 Å². The van der Waals surface area contributed by atoms with Gasteiger partial charge >= 0.3 is 0 Å². The first-order valence-corrected chi connectivity index (χ1v) is 7.21. The lowest BCUT2D eigenvalue weighted by atomic mass is 9.85. The summed E-state index contributed by atoms with van der Waals surface area (Å²) >= 11 is 0. The van der Waals surface area contributed by atoms with E-state index < -0.39 is 0 Å². The summed E-state index contributed by atoms with van der Waals surface area (Å²) in [6.07, 6.45) is 8.41. The number of aryl methyl sites for hydroxylation is 1. The summed E-state index contributed by atoms with van der Waals surface area (Å²) in [4.78, 5) is 0. The predicted molar refractivity (Wildman–Crippen MR) is 73.2 cm³/mol. The van der Waals surface area contributed by atoms with E-state index in [4.69, 9.17) is 0 Å². The average Bonchev–Trinajstić information content (AvgIpc) is 2.72. The highest BCUT2D eigenvalue weighted by Gasteiger charge is 2.24. The molecule has 0 bridgehead atoms. The van der Waals surface area contributed by atoms with Crippen LogP contribution < -0.4 is 5.32 Å². The van der Waals surface area contributed by atoms with Crippen LogP contribution in [0.1, 0.15) is 58.7 Å². The van der Waals surface area contributed by atoms with E-state index in [0.29, 0.717) is 11.5 Å². The Bertz CT molecular complexity index is 370. The van der Waals surface area contributed by atoms with E-state index >= 15 is 0 Å². The van der Waals surface area contributed by atoms with Crippen LogP contribution in [0.5, 0.6) is 0 Å². The lowest BCUT2D eigenvalue weighted by molar-refractivity contribution is 0.309. The smallest absolute Gasteiger partial charge is 0.146 e. The van der Waals surface area contributed by atoms with Crippen molar-refractivity contribution in [3.05, 3.63) is 12.2 Å². The lowest BCUT2D eigenvalue weighted by Crippen LogP contribution is -2.29. The molecule has 1 heterocycles. The van der Waals surface area contributed by atoms with Crippen LogP contribution in [0.4, 0.5) is 0 Å². The van der Waals surface area contributed by atoms with Gasteiger partial charge in [-0.3, -0.25) is 0 Å². The Balaban J connectivity index is 1.83. The fourth-order valence-corrected chi connectivity index (χ4v) is 2.78. The van der Waals surface area contributed by atoms with Crippen molar-refractivity contribution in [2.24, 2.45) is 5.41 Å². The molecule has 4 nitrogen and oxygen atoms in total. The largest absolute Gasteiger partial charge is 0.317 e. The summed E-state index contributed by atoms with van der Waals surface area (Å²) in [5.41, 5.74) is 0.528. The minimum atomic E-state index is 0.528. The van der Waals surface area contributed by atoms with Gasteiger partial charge in [0.05, 0.1) is 6.54 Å². The first-order valence-electron chi connectivity index (χ1n) is 7.21. The Kier molecular flexibility index (Phi) is 4.38. The molecule has 1 atom stereocenters. The van der Waals surface area contributed by atoms with Crippen LogP contribution in [0.25, 0.3) is 0 Å². The molecule has 1 aromatic heterocycles. The second-order valence-electron chi connectivity index (χ2n) is 6.21. The second-order valence-corrected chi connectivity index (χ2v) is 6.21. The van der Waals surface area contributed by atoms with Gasteiger partial charge in [0.15, 0.2) is 0 Å². The highest BCUT2D eigenvalue weighted by Crippen LogP contribution is 2.33. The van der Waals surface area contributed by atoms with Crippen LogP contribution in [-0.4, -0.2) is 20.8 Å². The molecular formula is C14H26N4. The molecule has 0 aliphatic heterocycles. The first-order chi connectivity index (χ1) is 8.61. The molecule has 102 valence electrons. The van der Waals surface area contributed by atoms with Crippen molar-refractivity contribution in [1.82, 2.24) is 20.1 Å². The third-order valence-electron chi connectivity index (χ3n) is 4.16. The summed E-state index contributed by atoms with van der Waals surface area (Å²) in [5.74, 6) is 1.06. The molecule has 1 saturated carbocycles.